The summed E-state index contributed by atoms with van der Waals surface area (Å²) >= 11 is 0. The second-order valence-electron chi connectivity index (χ2n) is 6.42. The van der Waals surface area contributed by atoms with Crippen LogP contribution in [0.4, 0.5) is 4.79 Å². The molecular formula is C18H24N2O5S. The van der Waals surface area contributed by atoms with E-state index < -0.39 is 35.3 Å². The van der Waals surface area contributed by atoms with Crippen molar-refractivity contribution in [2.75, 3.05) is 12.9 Å². The predicted molar refractivity (Wildman–Crippen MR) is 97.2 cm³/mol. The maximum Gasteiger partial charge on any atom is 0.339 e. The highest BCUT2D eigenvalue weighted by atomic mass is 32.2. The second kappa shape index (κ2) is 9.47. The first-order chi connectivity index (χ1) is 12.4. The third kappa shape index (κ3) is 5.66. The lowest BCUT2D eigenvalue weighted by atomic mass is 9.86. The molecule has 0 aromatic heterocycles. The largest absolute Gasteiger partial charge is 0.452 e. The summed E-state index contributed by atoms with van der Waals surface area (Å²) in [6, 6.07) is 5.79. The van der Waals surface area contributed by atoms with Gasteiger partial charge in [-0.2, -0.15) is 0 Å². The van der Waals surface area contributed by atoms with Crippen LogP contribution in [0.15, 0.2) is 29.2 Å². The van der Waals surface area contributed by atoms with Crippen molar-refractivity contribution in [2.24, 2.45) is 5.92 Å². The van der Waals surface area contributed by atoms with E-state index in [0.717, 1.165) is 25.7 Å². The maximum absolute atomic E-state index is 12.1. The Labute approximate surface area is 155 Å². The maximum atomic E-state index is 12.1. The monoisotopic (exact) mass is 380 g/mol. The van der Waals surface area contributed by atoms with Crippen molar-refractivity contribution in [3.63, 3.8) is 0 Å². The minimum atomic E-state index is -1.36. The zero-order valence-corrected chi connectivity index (χ0v) is 15.8. The highest BCUT2D eigenvalue weighted by molar-refractivity contribution is 7.84. The predicted octanol–water partition coefficient (Wildman–Crippen LogP) is 1.99. The summed E-state index contributed by atoms with van der Waals surface area (Å²) in [6.07, 6.45) is 5.60. The molecule has 3 amide bonds. The Hall–Kier alpha value is -2.22. The summed E-state index contributed by atoms with van der Waals surface area (Å²) in [5.74, 6) is -1.10. The molecule has 0 saturated heterocycles. The number of carbonyl (C=O) groups is 3. The summed E-state index contributed by atoms with van der Waals surface area (Å²) in [6.45, 7) is 1.49. The van der Waals surface area contributed by atoms with Crippen LogP contribution in [0.2, 0.25) is 0 Å². The van der Waals surface area contributed by atoms with E-state index in [0.29, 0.717) is 10.8 Å². The Kier molecular flexibility index (Phi) is 7.32. The standard InChI is InChI=1S/C18H24N2O5S/c1-12-7-3-5-9-14(12)19-18(23)20-16(21)11-25-17(22)13-8-4-6-10-15(13)26(2)24/h4,6,8,10,12,14H,3,5,7,9,11H2,1-2H3,(H2,19,20,21,23)/t12-,14-,26-/m1/s1. The number of urea groups is 1. The minimum Gasteiger partial charge on any atom is -0.452 e. The zero-order valence-electron chi connectivity index (χ0n) is 14.9. The van der Waals surface area contributed by atoms with Crippen molar-refractivity contribution < 1.29 is 23.3 Å². The number of imide groups is 1. The molecule has 1 fully saturated rings. The van der Waals surface area contributed by atoms with Gasteiger partial charge in [0.15, 0.2) is 6.61 Å². The normalized spacial score (nSPS) is 20.7. The molecule has 1 saturated carbocycles. The Bertz CT molecular complexity index is 707. The number of hydrogen-bond acceptors (Lipinski definition) is 5. The number of rotatable bonds is 5. The molecule has 1 aliphatic rings. The van der Waals surface area contributed by atoms with E-state index in [-0.39, 0.29) is 11.6 Å². The first-order valence-corrected chi connectivity index (χ1v) is 10.1. The Morgan fingerprint density at radius 1 is 1.19 bits per heavy atom. The van der Waals surface area contributed by atoms with Gasteiger partial charge in [-0.15, -0.1) is 0 Å². The number of esters is 1. The lowest BCUT2D eigenvalue weighted by Gasteiger charge is -2.29. The smallest absolute Gasteiger partial charge is 0.339 e. The average molecular weight is 380 g/mol. The fourth-order valence-electron chi connectivity index (χ4n) is 2.99. The van der Waals surface area contributed by atoms with Crippen molar-refractivity contribution in [1.82, 2.24) is 10.6 Å². The summed E-state index contributed by atoms with van der Waals surface area (Å²) in [7, 11) is -1.36. The van der Waals surface area contributed by atoms with Crippen LogP contribution < -0.4 is 10.6 Å². The fraction of sp³-hybridized carbons (Fsp3) is 0.500. The van der Waals surface area contributed by atoms with Gasteiger partial charge in [-0.25, -0.2) is 9.59 Å². The number of nitrogens with one attached hydrogen (secondary N) is 2. The van der Waals surface area contributed by atoms with Crippen LogP contribution in [0, 0.1) is 5.92 Å². The molecule has 0 unspecified atom stereocenters. The Morgan fingerprint density at radius 2 is 1.88 bits per heavy atom. The molecule has 1 aromatic rings. The van der Waals surface area contributed by atoms with Crippen LogP contribution in [0.3, 0.4) is 0 Å². The van der Waals surface area contributed by atoms with Crippen molar-refractivity contribution in [2.45, 2.75) is 43.5 Å². The SMILES string of the molecule is C[C@@H]1CCCC[C@H]1NC(=O)NC(=O)COC(=O)c1ccccc1[S@@](C)=O. The molecule has 142 valence electrons. The van der Waals surface area contributed by atoms with E-state index in [4.69, 9.17) is 4.74 Å². The molecule has 7 nitrogen and oxygen atoms in total. The van der Waals surface area contributed by atoms with Crippen molar-refractivity contribution in [3.05, 3.63) is 29.8 Å². The van der Waals surface area contributed by atoms with Crippen molar-refractivity contribution in [3.8, 4) is 0 Å². The molecular weight excluding hydrogens is 356 g/mol. The first-order valence-electron chi connectivity index (χ1n) is 8.58. The van der Waals surface area contributed by atoms with Gasteiger partial charge in [0.25, 0.3) is 5.91 Å². The number of amides is 3. The molecule has 1 aliphatic carbocycles. The van der Waals surface area contributed by atoms with Gasteiger partial charge in [-0.05, 0) is 30.9 Å². The van der Waals surface area contributed by atoms with Gasteiger partial charge in [0.2, 0.25) is 0 Å². The van der Waals surface area contributed by atoms with Gasteiger partial charge >= 0.3 is 12.0 Å². The van der Waals surface area contributed by atoms with E-state index in [1.807, 2.05) is 0 Å². The lowest BCUT2D eigenvalue weighted by molar-refractivity contribution is -0.123. The average Bonchev–Trinajstić information content (AvgIpc) is 2.61. The Balaban J connectivity index is 1.82. The van der Waals surface area contributed by atoms with Crippen LogP contribution in [0.5, 0.6) is 0 Å². The molecule has 3 atom stereocenters. The number of carbonyl (C=O) groups excluding carboxylic acids is 3. The van der Waals surface area contributed by atoms with Crippen LogP contribution in [-0.4, -0.2) is 41.0 Å². The fourth-order valence-corrected chi connectivity index (χ4v) is 3.72. The van der Waals surface area contributed by atoms with Crippen LogP contribution in [0.25, 0.3) is 0 Å². The summed E-state index contributed by atoms with van der Waals surface area (Å²) < 4.78 is 16.6. The molecule has 0 heterocycles. The van der Waals surface area contributed by atoms with Gasteiger partial charge in [0, 0.05) is 12.3 Å². The molecule has 2 N–H and O–H groups in total. The third-order valence-corrected chi connectivity index (χ3v) is 5.41. The summed E-state index contributed by atoms with van der Waals surface area (Å²) in [4.78, 5) is 36.1. The van der Waals surface area contributed by atoms with Crippen molar-refractivity contribution >= 4 is 28.7 Å². The van der Waals surface area contributed by atoms with Gasteiger partial charge in [-0.1, -0.05) is 31.9 Å². The summed E-state index contributed by atoms with van der Waals surface area (Å²) in [5, 5.41) is 4.96. The minimum absolute atomic E-state index is 0.0468. The van der Waals surface area contributed by atoms with Gasteiger partial charge in [0.1, 0.15) is 0 Å². The van der Waals surface area contributed by atoms with Crippen LogP contribution in [0.1, 0.15) is 43.0 Å². The first kappa shape index (κ1) is 20.1. The quantitative estimate of drug-likeness (QED) is 0.761. The van der Waals surface area contributed by atoms with Gasteiger partial charge in [-0.3, -0.25) is 14.3 Å². The third-order valence-electron chi connectivity index (χ3n) is 4.43. The highest BCUT2D eigenvalue weighted by Crippen LogP contribution is 2.23. The van der Waals surface area contributed by atoms with E-state index in [2.05, 4.69) is 17.6 Å². The van der Waals surface area contributed by atoms with Crippen LogP contribution in [-0.2, 0) is 20.3 Å². The zero-order chi connectivity index (χ0) is 19.1. The topological polar surface area (TPSA) is 102 Å². The molecule has 26 heavy (non-hydrogen) atoms. The van der Waals surface area contributed by atoms with Gasteiger partial charge < -0.3 is 10.1 Å². The molecule has 0 spiro atoms. The van der Waals surface area contributed by atoms with Gasteiger partial charge in [0.05, 0.1) is 21.3 Å². The molecule has 1 aromatic carbocycles. The number of ether oxygens (including phenoxy) is 1. The van der Waals surface area contributed by atoms with E-state index in [9.17, 15) is 18.6 Å². The molecule has 8 heteroatoms. The lowest BCUT2D eigenvalue weighted by Crippen LogP contribution is -2.48. The highest BCUT2D eigenvalue weighted by Gasteiger charge is 2.23. The molecule has 0 bridgehead atoms. The molecule has 0 aliphatic heterocycles. The number of benzene rings is 1. The molecule has 0 radical (unpaired) electrons. The second-order valence-corrected chi connectivity index (χ2v) is 7.76. The van der Waals surface area contributed by atoms with E-state index in [1.165, 1.54) is 12.3 Å². The van der Waals surface area contributed by atoms with Crippen molar-refractivity contribution in [1.29, 1.82) is 0 Å². The molecule has 2 rings (SSSR count). The Morgan fingerprint density at radius 3 is 2.58 bits per heavy atom. The van der Waals surface area contributed by atoms with E-state index in [1.54, 1.807) is 18.2 Å². The number of hydrogen-bond donors (Lipinski definition) is 2. The van der Waals surface area contributed by atoms with Crippen LogP contribution >= 0.6 is 0 Å². The van der Waals surface area contributed by atoms with E-state index >= 15 is 0 Å². The summed E-state index contributed by atoms with van der Waals surface area (Å²) in [5.41, 5.74) is 0.140.